The number of hydrogen-bond acceptors (Lipinski definition) is 3. The molecule has 0 rings (SSSR count). The topological polar surface area (TPSA) is 72.2 Å². The molecule has 0 spiro atoms. The highest BCUT2D eigenvalue weighted by atomic mass is 32.2. The maximum Gasteiger partial charge on any atom is 0.211 e. The Morgan fingerprint density at radius 3 is 2.45 bits per heavy atom. The zero-order valence-corrected chi connectivity index (χ0v) is 8.13. The number of thiocarbonyl (C=S) groups is 1. The molecule has 0 amide bonds. The van der Waals surface area contributed by atoms with Gasteiger partial charge in [-0.25, -0.2) is 13.1 Å². The Kier molecular flexibility index (Phi) is 3.91. The fourth-order valence-electron chi connectivity index (χ4n) is 0.411. The average Bonchev–Trinajstić information content (AvgIpc) is 1.87. The van der Waals surface area contributed by atoms with Crippen LogP contribution in [-0.4, -0.2) is 25.2 Å². The molecule has 66 valence electrons. The summed E-state index contributed by atoms with van der Waals surface area (Å²) in [5, 5.41) is 0. The van der Waals surface area contributed by atoms with Crippen molar-refractivity contribution in [1.29, 1.82) is 0 Å². The van der Waals surface area contributed by atoms with Crippen molar-refractivity contribution >= 4 is 27.2 Å². The Labute approximate surface area is 72.2 Å². The molecule has 0 aliphatic heterocycles. The van der Waals surface area contributed by atoms with Crippen LogP contribution < -0.4 is 10.5 Å². The maximum absolute atomic E-state index is 10.9. The van der Waals surface area contributed by atoms with E-state index in [4.69, 9.17) is 5.73 Å². The fraction of sp³-hybridized carbons (Fsp3) is 0.800. The van der Waals surface area contributed by atoms with E-state index in [1.54, 1.807) is 13.8 Å². The van der Waals surface area contributed by atoms with Gasteiger partial charge in [-0.3, -0.25) is 0 Å². The highest BCUT2D eigenvalue weighted by Crippen LogP contribution is 1.88. The van der Waals surface area contributed by atoms with Gasteiger partial charge in [0.2, 0.25) is 10.0 Å². The van der Waals surface area contributed by atoms with Gasteiger partial charge in [-0.05, 0) is 13.8 Å². The van der Waals surface area contributed by atoms with E-state index < -0.39 is 16.1 Å². The van der Waals surface area contributed by atoms with Crippen LogP contribution in [0.5, 0.6) is 0 Å². The quantitative estimate of drug-likeness (QED) is 0.600. The SMILES string of the molecule is CCS(=O)(=O)NC(C)C(N)=S. The summed E-state index contributed by atoms with van der Waals surface area (Å²) in [7, 11) is -3.18. The van der Waals surface area contributed by atoms with Gasteiger partial charge < -0.3 is 5.73 Å². The van der Waals surface area contributed by atoms with E-state index in [2.05, 4.69) is 16.9 Å². The maximum atomic E-state index is 10.9. The van der Waals surface area contributed by atoms with Gasteiger partial charge in [0.25, 0.3) is 0 Å². The minimum Gasteiger partial charge on any atom is -0.392 e. The molecule has 0 aromatic rings. The van der Waals surface area contributed by atoms with Crippen molar-refractivity contribution in [2.75, 3.05) is 5.75 Å². The van der Waals surface area contributed by atoms with Gasteiger partial charge >= 0.3 is 0 Å². The van der Waals surface area contributed by atoms with Gasteiger partial charge in [0.05, 0.1) is 16.8 Å². The second-order valence-corrected chi connectivity index (χ2v) is 4.66. The third-order valence-electron chi connectivity index (χ3n) is 1.16. The standard InChI is InChI=1S/C5H12N2O2S2/c1-3-11(8,9)7-4(2)5(6)10/h4,7H,3H2,1-2H3,(H2,6,10). The van der Waals surface area contributed by atoms with Crippen molar-refractivity contribution in [2.45, 2.75) is 19.9 Å². The summed E-state index contributed by atoms with van der Waals surface area (Å²) in [6, 6.07) is -0.463. The molecule has 0 fully saturated rings. The first-order chi connectivity index (χ1) is 4.89. The van der Waals surface area contributed by atoms with Crippen LogP contribution in [0.25, 0.3) is 0 Å². The van der Waals surface area contributed by atoms with Gasteiger partial charge in [0, 0.05) is 0 Å². The van der Waals surface area contributed by atoms with Crippen molar-refractivity contribution < 1.29 is 8.42 Å². The number of nitrogens with two attached hydrogens (primary N) is 1. The van der Waals surface area contributed by atoms with E-state index in [0.29, 0.717) is 0 Å². The van der Waals surface area contributed by atoms with Crippen molar-refractivity contribution in [1.82, 2.24) is 4.72 Å². The number of sulfonamides is 1. The van der Waals surface area contributed by atoms with E-state index in [-0.39, 0.29) is 10.7 Å². The largest absolute Gasteiger partial charge is 0.392 e. The van der Waals surface area contributed by atoms with Crippen LogP contribution in [0.3, 0.4) is 0 Å². The minimum atomic E-state index is -3.18. The first-order valence-electron chi connectivity index (χ1n) is 3.18. The van der Waals surface area contributed by atoms with E-state index in [0.717, 1.165) is 0 Å². The Balaban J connectivity index is 4.16. The Morgan fingerprint density at radius 1 is 1.73 bits per heavy atom. The number of rotatable bonds is 4. The summed E-state index contributed by atoms with van der Waals surface area (Å²) < 4.78 is 24.1. The third-order valence-corrected chi connectivity index (χ3v) is 2.99. The van der Waals surface area contributed by atoms with E-state index >= 15 is 0 Å². The Bertz CT molecular complexity index is 235. The molecular weight excluding hydrogens is 184 g/mol. The normalized spacial score (nSPS) is 14.4. The van der Waals surface area contributed by atoms with Gasteiger partial charge in [-0.2, -0.15) is 0 Å². The monoisotopic (exact) mass is 196 g/mol. The molecule has 1 unspecified atom stereocenters. The molecule has 0 aliphatic carbocycles. The molecule has 0 saturated carbocycles. The van der Waals surface area contributed by atoms with Gasteiger partial charge in [-0.1, -0.05) is 12.2 Å². The lowest BCUT2D eigenvalue weighted by molar-refractivity contribution is 0.580. The zero-order chi connectivity index (χ0) is 9.07. The summed E-state index contributed by atoms with van der Waals surface area (Å²) >= 11 is 4.58. The summed E-state index contributed by atoms with van der Waals surface area (Å²) in [5.41, 5.74) is 5.20. The molecule has 0 bridgehead atoms. The highest BCUT2D eigenvalue weighted by molar-refractivity contribution is 7.89. The molecule has 11 heavy (non-hydrogen) atoms. The molecule has 0 heterocycles. The van der Waals surface area contributed by atoms with Crippen LogP contribution in [0.1, 0.15) is 13.8 Å². The summed E-state index contributed by atoms with van der Waals surface area (Å²) in [6.07, 6.45) is 0. The van der Waals surface area contributed by atoms with Crippen molar-refractivity contribution in [3.8, 4) is 0 Å². The molecular formula is C5H12N2O2S2. The molecule has 1 atom stereocenters. The van der Waals surface area contributed by atoms with Crippen molar-refractivity contribution in [3.05, 3.63) is 0 Å². The average molecular weight is 196 g/mol. The van der Waals surface area contributed by atoms with E-state index in [1.807, 2.05) is 0 Å². The lowest BCUT2D eigenvalue weighted by Crippen LogP contribution is -2.41. The van der Waals surface area contributed by atoms with Gasteiger partial charge in [0.15, 0.2) is 0 Å². The van der Waals surface area contributed by atoms with Crippen LogP contribution in [0.2, 0.25) is 0 Å². The predicted molar refractivity (Wildman–Crippen MR) is 48.8 cm³/mol. The molecule has 0 aromatic heterocycles. The fourth-order valence-corrected chi connectivity index (χ4v) is 1.38. The lowest BCUT2D eigenvalue weighted by Gasteiger charge is -2.10. The first-order valence-corrected chi connectivity index (χ1v) is 5.24. The molecule has 0 saturated heterocycles. The smallest absolute Gasteiger partial charge is 0.211 e. The van der Waals surface area contributed by atoms with Crippen LogP contribution in [0, 0.1) is 0 Å². The molecule has 4 nitrogen and oxygen atoms in total. The lowest BCUT2D eigenvalue weighted by atomic mass is 10.4. The number of nitrogens with one attached hydrogen (secondary N) is 1. The van der Waals surface area contributed by atoms with Crippen LogP contribution in [-0.2, 0) is 10.0 Å². The minimum absolute atomic E-state index is 0.0416. The molecule has 0 aliphatic rings. The first kappa shape index (κ1) is 10.8. The molecule has 6 heteroatoms. The number of hydrogen-bond donors (Lipinski definition) is 2. The van der Waals surface area contributed by atoms with Crippen LogP contribution in [0.4, 0.5) is 0 Å². The Hall–Kier alpha value is -0.200. The molecule has 0 radical (unpaired) electrons. The molecule has 0 aromatic carbocycles. The summed E-state index contributed by atoms with van der Waals surface area (Å²) in [6.45, 7) is 3.16. The summed E-state index contributed by atoms with van der Waals surface area (Å²) in [5.74, 6) is 0.0416. The van der Waals surface area contributed by atoms with Crippen molar-refractivity contribution in [2.24, 2.45) is 5.73 Å². The van der Waals surface area contributed by atoms with Crippen LogP contribution in [0.15, 0.2) is 0 Å². The van der Waals surface area contributed by atoms with E-state index in [1.165, 1.54) is 0 Å². The summed E-state index contributed by atoms with van der Waals surface area (Å²) in [4.78, 5) is 0.155. The van der Waals surface area contributed by atoms with Gasteiger partial charge in [-0.15, -0.1) is 0 Å². The van der Waals surface area contributed by atoms with Crippen LogP contribution >= 0.6 is 12.2 Å². The van der Waals surface area contributed by atoms with Gasteiger partial charge in [0.1, 0.15) is 0 Å². The van der Waals surface area contributed by atoms with Crippen molar-refractivity contribution in [3.63, 3.8) is 0 Å². The zero-order valence-electron chi connectivity index (χ0n) is 6.49. The second-order valence-electron chi connectivity index (χ2n) is 2.15. The third kappa shape index (κ3) is 4.28. The highest BCUT2D eigenvalue weighted by Gasteiger charge is 2.12. The Morgan fingerprint density at radius 2 is 2.18 bits per heavy atom. The molecule has 3 N–H and O–H groups in total. The van der Waals surface area contributed by atoms with E-state index in [9.17, 15) is 8.42 Å². The second kappa shape index (κ2) is 3.99. The predicted octanol–water partition coefficient (Wildman–Crippen LogP) is -0.400.